The first-order chi connectivity index (χ1) is 28.2. The molecule has 60 heavy (non-hydrogen) atoms. The Morgan fingerprint density at radius 3 is 1.53 bits per heavy atom. The number of nitrogens with zero attached hydrogens (tertiary/aromatic N) is 12. The van der Waals surface area contributed by atoms with E-state index in [2.05, 4.69) is 39.9 Å². The van der Waals surface area contributed by atoms with E-state index in [-0.39, 0.29) is 60.5 Å². The molecule has 2 aliphatic rings. The molecule has 0 atom stereocenters. The lowest BCUT2D eigenvalue weighted by molar-refractivity contribution is 0.0982. The van der Waals surface area contributed by atoms with Crippen LogP contribution in [0, 0.1) is 13.8 Å². The fourth-order valence-corrected chi connectivity index (χ4v) is 7.04. The smallest absolute Gasteiger partial charge is 0.267 e. The molecule has 17 nitrogen and oxygen atoms in total. The van der Waals surface area contributed by atoms with E-state index in [4.69, 9.17) is 26.8 Å². The molecular weight excluding hydrogens is 786 g/mol. The topological polar surface area (TPSA) is 198 Å². The SMILES string of the molecule is C.C.Cc1ncc(-n2ccc3cc(N4CCOc5ncnc(Cl)c5C4=O)ccc32)cn1.Cc1ncc(-n2ccc3cc(N4CCOc5ncnc(N)c5C4=O)ccc32)cn1. The maximum Gasteiger partial charge on any atom is 0.267 e. The van der Waals surface area contributed by atoms with Gasteiger partial charge in [0.05, 0.1) is 60.3 Å². The Hall–Kier alpha value is -7.53. The molecule has 304 valence electrons. The molecule has 2 amide bonds. The number of rotatable bonds is 4. The van der Waals surface area contributed by atoms with Crippen LogP contribution in [-0.4, -0.2) is 87.1 Å². The van der Waals surface area contributed by atoms with Crippen molar-refractivity contribution in [1.29, 1.82) is 0 Å². The lowest BCUT2D eigenvalue weighted by atomic mass is 10.2. The summed E-state index contributed by atoms with van der Waals surface area (Å²) < 4.78 is 15.2. The molecular formula is C42H40ClN13O4. The van der Waals surface area contributed by atoms with Crippen LogP contribution in [-0.2, 0) is 0 Å². The molecule has 2 aliphatic heterocycles. The minimum absolute atomic E-state index is 0. The number of anilines is 3. The molecule has 6 aromatic heterocycles. The molecule has 8 heterocycles. The monoisotopic (exact) mass is 825 g/mol. The molecule has 0 unspecified atom stereocenters. The summed E-state index contributed by atoms with van der Waals surface area (Å²) in [7, 11) is 0. The number of fused-ring (bicyclic) bond motifs is 4. The highest BCUT2D eigenvalue weighted by molar-refractivity contribution is 6.33. The van der Waals surface area contributed by atoms with Crippen LogP contribution in [0.5, 0.6) is 11.8 Å². The standard InChI is InChI=1S/C20H15ClN6O2.C20H17N7O2.2CH4/c2*1-12-22-9-15(10-23-12)26-5-4-13-8-14(2-3-16(13)26)27-6-7-29-19-17(20(27)28)18(21)24-11-25-19;;/h2-5,8-11H,6-7H2,1H3;2-5,8-11H,6-7H2,1H3,(H2,21,24,25);2*1H4. The molecule has 18 heteroatoms. The largest absolute Gasteiger partial charge is 0.475 e. The van der Waals surface area contributed by atoms with Crippen molar-refractivity contribution < 1.29 is 19.1 Å². The van der Waals surface area contributed by atoms with Crippen LogP contribution in [0.4, 0.5) is 17.2 Å². The van der Waals surface area contributed by atoms with Crippen molar-refractivity contribution >= 4 is 62.4 Å². The number of aromatic nitrogens is 10. The summed E-state index contributed by atoms with van der Waals surface area (Å²) in [5.74, 6) is 1.42. The first-order valence-corrected chi connectivity index (χ1v) is 18.4. The van der Waals surface area contributed by atoms with Crippen LogP contribution >= 0.6 is 11.6 Å². The van der Waals surface area contributed by atoms with Crippen molar-refractivity contribution in [2.45, 2.75) is 28.7 Å². The van der Waals surface area contributed by atoms with Gasteiger partial charge >= 0.3 is 0 Å². The zero-order chi connectivity index (χ0) is 39.9. The quantitative estimate of drug-likeness (QED) is 0.186. The van der Waals surface area contributed by atoms with Gasteiger partial charge in [0.2, 0.25) is 11.8 Å². The van der Waals surface area contributed by atoms with E-state index in [9.17, 15) is 9.59 Å². The summed E-state index contributed by atoms with van der Waals surface area (Å²) in [5.41, 5.74) is 11.5. The highest BCUT2D eigenvalue weighted by Gasteiger charge is 2.30. The Morgan fingerprint density at radius 2 is 1.03 bits per heavy atom. The summed E-state index contributed by atoms with van der Waals surface area (Å²) in [6, 6.07) is 15.6. The summed E-state index contributed by atoms with van der Waals surface area (Å²) >= 11 is 6.15. The van der Waals surface area contributed by atoms with Crippen LogP contribution in [0.3, 0.4) is 0 Å². The third kappa shape index (κ3) is 7.48. The Bertz CT molecular complexity index is 2670. The number of halogens is 1. The summed E-state index contributed by atoms with van der Waals surface area (Å²) in [6.45, 7) is 5.08. The average molecular weight is 826 g/mol. The van der Waals surface area contributed by atoms with Crippen LogP contribution in [0.1, 0.15) is 47.2 Å². The molecule has 0 saturated heterocycles. The minimum atomic E-state index is -0.284. The third-order valence-electron chi connectivity index (χ3n) is 9.70. The Kier molecular flexibility index (Phi) is 11.4. The number of nitrogens with two attached hydrogens (primary N) is 1. The Labute approximate surface area is 349 Å². The Balaban J connectivity index is 0.000000176. The van der Waals surface area contributed by atoms with Crippen molar-refractivity contribution in [2.75, 3.05) is 41.8 Å². The van der Waals surface area contributed by atoms with Crippen LogP contribution in [0.15, 0.2) is 98.4 Å². The van der Waals surface area contributed by atoms with Crippen LogP contribution in [0.25, 0.3) is 33.2 Å². The number of aryl methyl sites for hydroxylation is 2. The predicted octanol–water partition coefficient (Wildman–Crippen LogP) is 6.62. The second kappa shape index (κ2) is 16.8. The normalized spacial score (nSPS) is 13.4. The number of carbonyl (C=O) groups excluding carboxylic acids is 2. The van der Waals surface area contributed by atoms with Gasteiger partial charge in [-0.25, -0.2) is 39.9 Å². The number of hydrogen-bond donors (Lipinski definition) is 1. The molecule has 2 aromatic carbocycles. The molecule has 0 fully saturated rings. The second-order valence-corrected chi connectivity index (χ2v) is 13.6. The zero-order valence-electron chi connectivity index (χ0n) is 31.0. The van der Waals surface area contributed by atoms with E-state index in [0.29, 0.717) is 26.3 Å². The van der Waals surface area contributed by atoms with Gasteiger partial charge in [0.1, 0.15) is 59.6 Å². The number of ether oxygens (including phenoxy) is 2. The molecule has 0 aliphatic carbocycles. The zero-order valence-corrected chi connectivity index (χ0v) is 31.8. The van der Waals surface area contributed by atoms with Gasteiger partial charge in [0.25, 0.3) is 11.8 Å². The van der Waals surface area contributed by atoms with Gasteiger partial charge in [-0.3, -0.25) is 9.59 Å². The minimum Gasteiger partial charge on any atom is -0.475 e. The average Bonchev–Trinajstić information content (AvgIpc) is 3.75. The van der Waals surface area contributed by atoms with E-state index in [1.807, 2.05) is 83.9 Å². The van der Waals surface area contributed by atoms with Gasteiger partial charge in [0.15, 0.2) is 0 Å². The maximum absolute atomic E-state index is 13.1. The van der Waals surface area contributed by atoms with E-state index in [1.165, 1.54) is 12.7 Å². The Morgan fingerprint density at radius 1 is 0.583 bits per heavy atom. The fraction of sp³-hybridized carbons (Fsp3) is 0.190. The molecule has 10 rings (SSSR count). The van der Waals surface area contributed by atoms with Gasteiger partial charge in [-0.15, -0.1) is 0 Å². The fourth-order valence-electron chi connectivity index (χ4n) is 6.83. The lowest BCUT2D eigenvalue weighted by Gasteiger charge is -2.20. The summed E-state index contributed by atoms with van der Waals surface area (Å²) in [4.78, 5) is 62.5. The van der Waals surface area contributed by atoms with Gasteiger partial charge in [0, 0.05) is 34.5 Å². The molecule has 8 aromatic rings. The lowest BCUT2D eigenvalue weighted by Crippen LogP contribution is -2.32. The molecule has 0 radical (unpaired) electrons. The number of hydrogen-bond acceptors (Lipinski definition) is 13. The highest BCUT2D eigenvalue weighted by atomic mass is 35.5. The third-order valence-corrected chi connectivity index (χ3v) is 9.98. The van der Waals surface area contributed by atoms with Crippen LogP contribution < -0.4 is 25.0 Å². The molecule has 0 bridgehead atoms. The number of nitrogen functional groups attached to an aromatic ring is 1. The van der Waals surface area contributed by atoms with E-state index >= 15 is 0 Å². The highest BCUT2D eigenvalue weighted by Crippen LogP contribution is 2.32. The van der Waals surface area contributed by atoms with Gasteiger partial charge in [-0.1, -0.05) is 26.5 Å². The number of amides is 2. The van der Waals surface area contributed by atoms with Gasteiger partial charge in [-0.05, 0) is 62.4 Å². The number of benzene rings is 2. The van der Waals surface area contributed by atoms with Gasteiger partial charge in [-0.2, -0.15) is 0 Å². The maximum atomic E-state index is 13.1. The molecule has 2 N–H and O–H groups in total. The predicted molar refractivity (Wildman–Crippen MR) is 228 cm³/mol. The van der Waals surface area contributed by atoms with Crippen LogP contribution in [0.2, 0.25) is 5.15 Å². The van der Waals surface area contributed by atoms with Crippen molar-refractivity contribution in [3.8, 4) is 23.1 Å². The van der Waals surface area contributed by atoms with Gasteiger partial charge < -0.3 is 34.1 Å². The first kappa shape index (κ1) is 40.7. The van der Waals surface area contributed by atoms with Crippen molar-refractivity contribution in [1.82, 2.24) is 49.0 Å². The number of carbonyl (C=O) groups is 2. The van der Waals surface area contributed by atoms with E-state index in [0.717, 1.165) is 56.2 Å². The second-order valence-electron chi connectivity index (χ2n) is 13.2. The first-order valence-electron chi connectivity index (χ1n) is 18.0. The van der Waals surface area contributed by atoms with Crippen molar-refractivity contribution in [3.63, 3.8) is 0 Å². The van der Waals surface area contributed by atoms with E-state index in [1.54, 1.807) is 34.6 Å². The summed E-state index contributed by atoms with van der Waals surface area (Å²) in [6.07, 6.45) is 13.6. The van der Waals surface area contributed by atoms with Crippen molar-refractivity contribution in [2.24, 2.45) is 0 Å². The summed E-state index contributed by atoms with van der Waals surface area (Å²) in [5, 5.41) is 2.05. The molecule has 0 spiro atoms. The van der Waals surface area contributed by atoms with Crippen molar-refractivity contribution in [3.05, 3.63) is 126 Å². The molecule has 0 saturated carbocycles. The van der Waals surface area contributed by atoms with E-state index < -0.39 is 0 Å².